The van der Waals surface area contributed by atoms with Crippen LogP contribution in [0.3, 0.4) is 0 Å². The molecular formula is C56H69N7O8S. The van der Waals surface area contributed by atoms with Gasteiger partial charge in [0.1, 0.15) is 11.1 Å². The molecule has 10 rings (SSSR count). The van der Waals surface area contributed by atoms with Crippen LogP contribution in [0.25, 0.3) is 32.9 Å². The van der Waals surface area contributed by atoms with Crippen molar-refractivity contribution >= 4 is 43.9 Å². The fraction of sp³-hybridized carbons (Fsp3) is 0.500. The number of aromatic nitrogens is 4. The lowest BCUT2D eigenvalue weighted by Crippen LogP contribution is -2.59. The quantitative estimate of drug-likeness (QED) is 0.109. The molecule has 3 aliphatic heterocycles. The molecule has 0 bridgehead atoms. The highest BCUT2D eigenvalue weighted by Crippen LogP contribution is 2.45. The highest BCUT2D eigenvalue weighted by molar-refractivity contribution is 7.90. The van der Waals surface area contributed by atoms with Gasteiger partial charge in [-0.15, -0.1) is 0 Å². The zero-order valence-corrected chi connectivity index (χ0v) is 43.6. The van der Waals surface area contributed by atoms with Crippen LogP contribution in [0.2, 0.25) is 0 Å². The van der Waals surface area contributed by atoms with Gasteiger partial charge in [-0.05, 0) is 134 Å². The van der Waals surface area contributed by atoms with E-state index in [0.29, 0.717) is 41.7 Å². The number of amides is 1. The number of ether oxygens (including phenoxy) is 4. The summed E-state index contributed by atoms with van der Waals surface area (Å²) in [6.07, 6.45) is 9.10. The number of carbonyl (C=O) groups is 1. The van der Waals surface area contributed by atoms with Crippen molar-refractivity contribution in [2.75, 3.05) is 50.8 Å². The predicted molar refractivity (Wildman–Crippen MR) is 279 cm³/mol. The van der Waals surface area contributed by atoms with E-state index in [2.05, 4.69) is 41.8 Å². The first kappa shape index (κ1) is 49.9. The summed E-state index contributed by atoms with van der Waals surface area (Å²) in [5.41, 5.74) is 2.58. The van der Waals surface area contributed by atoms with Gasteiger partial charge in [-0.2, -0.15) is 0 Å². The number of fused-ring (bicyclic) bond motifs is 2. The number of hydrogen-bond donors (Lipinski definition) is 0. The number of aryl methyl sites for hydroxylation is 2. The van der Waals surface area contributed by atoms with E-state index in [-0.39, 0.29) is 41.3 Å². The molecule has 1 saturated carbocycles. The van der Waals surface area contributed by atoms with Crippen molar-refractivity contribution in [3.8, 4) is 11.1 Å². The summed E-state index contributed by atoms with van der Waals surface area (Å²) in [5.74, 6) is 1.07. The number of piperazine rings is 1. The molecule has 0 spiro atoms. The van der Waals surface area contributed by atoms with E-state index in [0.717, 1.165) is 103 Å². The Bertz CT molecular complexity index is 3100. The van der Waals surface area contributed by atoms with Gasteiger partial charge >= 0.3 is 6.09 Å². The Balaban J connectivity index is 1.03. The first-order chi connectivity index (χ1) is 34.5. The Morgan fingerprint density at radius 2 is 1.61 bits per heavy atom. The lowest BCUT2D eigenvalue weighted by atomic mass is 9.87. The molecule has 4 atom stereocenters. The van der Waals surface area contributed by atoms with Gasteiger partial charge in [-0.3, -0.25) is 9.69 Å². The second kappa shape index (κ2) is 20.0. The van der Waals surface area contributed by atoms with Crippen LogP contribution in [-0.4, -0.2) is 119 Å². The number of nitrogens with zero attached hydrogens (tertiary/aromatic N) is 7. The zero-order chi connectivity index (χ0) is 50.5. The molecule has 2 unspecified atom stereocenters. The Morgan fingerprint density at radius 1 is 0.861 bits per heavy atom. The maximum Gasteiger partial charge on any atom is 0.410 e. The average Bonchev–Trinajstić information content (AvgIpc) is 4.07. The third kappa shape index (κ3) is 10.2. The van der Waals surface area contributed by atoms with Crippen molar-refractivity contribution in [2.24, 2.45) is 13.0 Å². The first-order valence-corrected chi connectivity index (χ1v) is 27.2. The highest BCUT2D eigenvalue weighted by atomic mass is 32.2. The molecule has 1 aliphatic carbocycles. The summed E-state index contributed by atoms with van der Waals surface area (Å²) >= 11 is 0. The van der Waals surface area contributed by atoms with E-state index in [1.165, 1.54) is 10.8 Å². The van der Waals surface area contributed by atoms with Gasteiger partial charge in [-0.1, -0.05) is 54.1 Å². The van der Waals surface area contributed by atoms with Crippen LogP contribution >= 0.6 is 0 Å². The number of piperidine rings is 1. The zero-order valence-electron chi connectivity index (χ0n) is 42.8. The fourth-order valence-corrected chi connectivity index (χ4v) is 12.0. The molecular weight excluding hydrogens is 931 g/mol. The van der Waals surface area contributed by atoms with E-state index in [9.17, 15) is 18.0 Å². The largest absolute Gasteiger partial charge is 0.444 e. The minimum Gasteiger partial charge on any atom is -0.444 e. The van der Waals surface area contributed by atoms with Gasteiger partial charge in [0, 0.05) is 87.2 Å². The second-order valence-electron chi connectivity index (χ2n) is 21.6. The monoisotopic (exact) mass is 999 g/mol. The standard InChI is InChI=1S/C56H69N7O8S/c1-37-16-21-44(22-17-37)72(66,67)63-29-26-45-47(35-59(7)52(64)50(45)63)41-18-23-48-46(31-41)51(56(70-43-19-20-43,42-13-9-8-10-14-42)36-69-49-15-11-12-30-68-49)58-53(57-48)60-27-24-40(25-28-60)34-61-32-39(3)62(33-38(61)2)54(65)71-55(4,5)6/h8-10,13-14,16-18,21-23,26,29,31,35,38-40,43,49H,11-12,15,19-20,24-25,27-28,30,32-34,36H2,1-7H3/t38-,39+,49?,56?/m0/s1. The Kier molecular flexibility index (Phi) is 13.9. The number of benzene rings is 3. The number of anilines is 1. The Morgan fingerprint density at radius 3 is 2.31 bits per heavy atom. The predicted octanol–water partition coefficient (Wildman–Crippen LogP) is 9.01. The smallest absolute Gasteiger partial charge is 0.410 e. The number of rotatable bonds is 13. The van der Waals surface area contributed by atoms with Crippen LogP contribution in [0.15, 0.2) is 101 Å². The van der Waals surface area contributed by atoms with Gasteiger partial charge < -0.3 is 33.3 Å². The van der Waals surface area contributed by atoms with E-state index in [1.807, 2.05) is 62.9 Å². The molecule has 4 fully saturated rings. The molecule has 3 saturated heterocycles. The summed E-state index contributed by atoms with van der Waals surface area (Å²) < 4.78 is 56.9. The Labute approximate surface area is 423 Å². The molecule has 6 heterocycles. The maximum absolute atomic E-state index is 14.2. The van der Waals surface area contributed by atoms with E-state index < -0.39 is 33.1 Å². The molecule has 3 aromatic heterocycles. The first-order valence-electron chi connectivity index (χ1n) is 25.8. The van der Waals surface area contributed by atoms with Crippen LogP contribution in [-0.2, 0) is 41.6 Å². The van der Waals surface area contributed by atoms with Crippen molar-refractivity contribution in [1.82, 2.24) is 28.3 Å². The summed E-state index contributed by atoms with van der Waals surface area (Å²) in [7, 11) is -2.47. The van der Waals surface area contributed by atoms with Crippen molar-refractivity contribution < 1.29 is 32.2 Å². The fourth-order valence-electron chi connectivity index (χ4n) is 10.7. The van der Waals surface area contributed by atoms with Gasteiger partial charge in [0.05, 0.1) is 28.8 Å². The molecule has 15 nitrogen and oxygen atoms in total. The topological polar surface area (TPSA) is 151 Å². The normalized spacial score (nSPS) is 21.6. The maximum atomic E-state index is 14.2. The minimum absolute atomic E-state index is 0.0110. The van der Waals surface area contributed by atoms with Crippen LogP contribution < -0.4 is 10.5 Å². The minimum atomic E-state index is -4.11. The van der Waals surface area contributed by atoms with Gasteiger partial charge in [-0.25, -0.2) is 27.2 Å². The van der Waals surface area contributed by atoms with E-state index in [4.69, 9.17) is 28.9 Å². The van der Waals surface area contributed by atoms with Gasteiger partial charge in [0.15, 0.2) is 11.9 Å². The second-order valence-corrected chi connectivity index (χ2v) is 23.4. The third-order valence-electron chi connectivity index (χ3n) is 14.8. The molecule has 72 heavy (non-hydrogen) atoms. The Hall–Kier alpha value is -5.65. The molecule has 3 aromatic carbocycles. The van der Waals surface area contributed by atoms with Crippen molar-refractivity contribution in [3.63, 3.8) is 0 Å². The molecule has 4 aliphatic rings. The molecule has 6 aromatic rings. The van der Waals surface area contributed by atoms with Gasteiger partial charge in [0.25, 0.3) is 15.6 Å². The number of hydrogen-bond acceptors (Lipinski definition) is 12. The van der Waals surface area contributed by atoms with Crippen molar-refractivity contribution in [2.45, 2.75) is 127 Å². The number of pyridine rings is 1. The summed E-state index contributed by atoms with van der Waals surface area (Å²) in [5, 5.41) is 1.26. The van der Waals surface area contributed by atoms with E-state index >= 15 is 0 Å². The lowest BCUT2D eigenvalue weighted by molar-refractivity contribution is -0.197. The summed E-state index contributed by atoms with van der Waals surface area (Å²) in [6.45, 7) is 16.6. The molecule has 0 N–H and O–H groups in total. The van der Waals surface area contributed by atoms with E-state index in [1.54, 1.807) is 43.6 Å². The van der Waals surface area contributed by atoms with Crippen molar-refractivity contribution in [1.29, 1.82) is 0 Å². The summed E-state index contributed by atoms with van der Waals surface area (Å²) in [4.78, 5) is 44.8. The number of carbonyl (C=O) groups excluding carboxylic acids is 1. The van der Waals surface area contributed by atoms with Crippen LogP contribution in [0.1, 0.15) is 96.4 Å². The van der Waals surface area contributed by atoms with Crippen molar-refractivity contribution in [3.05, 3.63) is 118 Å². The van der Waals surface area contributed by atoms with Crippen LogP contribution in [0.4, 0.5) is 10.7 Å². The highest BCUT2D eigenvalue weighted by Gasteiger charge is 2.46. The SMILES string of the molecule is Cc1ccc(S(=O)(=O)n2ccc3c(-c4ccc5nc(N6CCC(CN7C[C@@H](C)N(C(=O)OC(C)(C)C)C[C@@H]7C)CC6)nc(C(COC6CCCCO6)(OC6CC6)c6ccccc6)c5c4)cn(C)c(=O)c32)cc1. The van der Waals surface area contributed by atoms with Gasteiger partial charge in [0.2, 0.25) is 5.95 Å². The average molecular weight is 1000 g/mol. The molecule has 0 radical (unpaired) electrons. The summed E-state index contributed by atoms with van der Waals surface area (Å²) in [6, 6.07) is 24.8. The molecule has 16 heteroatoms. The third-order valence-corrected chi connectivity index (χ3v) is 16.5. The lowest BCUT2D eigenvalue weighted by Gasteiger charge is -2.46. The van der Waals surface area contributed by atoms with Crippen LogP contribution in [0, 0.1) is 12.8 Å². The molecule has 1 amide bonds. The van der Waals surface area contributed by atoms with Crippen LogP contribution in [0.5, 0.6) is 0 Å². The molecule has 382 valence electrons.